The zero-order chi connectivity index (χ0) is 15.0. The normalized spacial score (nSPS) is 10.9. The summed E-state index contributed by atoms with van der Waals surface area (Å²) in [6.45, 7) is 3.83. The van der Waals surface area contributed by atoms with E-state index in [0.717, 1.165) is 34.0 Å². The summed E-state index contributed by atoms with van der Waals surface area (Å²) in [6, 6.07) is 7.72. The average molecular weight is 283 g/mol. The summed E-state index contributed by atoms with van der Waals surface area (Å²) in [7, 11) is 3.54. The Morgan fingerprint density at radius 1 is 1.19 bits per heavy atom. The van der Waals surface area contributed by atoms with Gasteiger partial charge >= 0.3 is 0 Å². The minimum absolute atomic E-state index is 0.712. The molecule has 3 aromatic rings. The van der Waals surface area contributed by atoms with E-state index < -0.39 is 0 Å². The zero-order valence-corrected chi connectivity index (χ0v) is 12.5. The molecule has 0 saturated carbocycles. The molecule has 2 heterocycles. The molecule has 0 amide bonds. The summed E-state index contributed by atoms with van der Waals surface area (Å²) in [5.74, 6) is 2.25. The maximum absolute atomic E-state index is 5.24. The maximum atomic E-state index is 5.24. The highest BCUT2D eigenvalue weighted by molar-refractivity contribution is 5.89. The Morgan fingerprint density at radius 3 is 2.76 bits per heavy atom. The Morgan fingerprint density at radius 2 is 2.00 bits per heavy atom. The van der Waals surface area contributed by atoms with Gasteiger partial charge in [-0.1, -0.05) is 6.07 Å². The fourth-order valence-electron chi connectivity index (χ4n) is 2.37. The van der Waals surface area contributed by atoms with E-state index >= 15 is 0 Å². The predicted octanol–water partition coefficient (Wildman–Crippen LogP) is 2.73. The van der Waals surface area contributed by atoms with Gasteiger partial charge in [0, 0.05) is 18.8 Å². The van der Waals surface area contributed by atoms with E-state index in [4.69, 9.17) is 4.74 Å². The second-order valence-corrected chi connectivity index (χ2v) is 4.88. The first kappa shape index (κ1) is 13.4. The second kappa shape index (κ2) is 5.05. The number of rotatable bonds is 3. The van der Waals surface area contributed by atoms with Crippen molar-refractivity contribution in [1.29, 1.82) is 0 Å². The Labute approximate surface area is 122 Å². The number of nitrogens with one attached hydrogen (secondary N) is 1. The molecule has 0 aliphatic rings. The molecule has 0 saturated heterocycles. The minimum atomic E-state index is 0.712. The van der Waals surface area contributed by atoms with Gasteiger partial charge in [-0.3, -0.25) is 4.68 Å². The number of methoxy groups -OCH3 is 1. The largest absolute Gasteiger partial charge is 0.497 e. The first-order valence-electron chi connectivity index (χ1n) is 6.67. The van der Waals surface area contributed by atoms with Crippen LogP contribution in [0.25, 0.3) is 11.0 Å². The van der Waals surface area contributed by atoms with E-state index in [0.29, 0.717) is 5.82 Å². The van der Waals surface area contributed by atoms with Crippen LogP contribution in [0.2, 0.25) is 0 Å². The molecule has 1 aromatic carbocycles. The SMILES string of the molecule is COc1cccc(Nc2nc(C)nc3c(C)nn(C)c23)c1. The van der Waals surface area contributed by atoms with Crippen LogP contribution in [0.3, 0.4) is 0 Å². The first-order chi connectivity index (χ1) is 10.1. The molecule has 0 atom stereocenters. The molecule has 108 valence electrons. The van der Waals surface area contributed by atoms with Crippen molar-refractivity contribution in [1.82, 2.24) is 19.7 Å². The standard InChI is InChI=1S/C15H17N5O/c1-9-13-14(20(3)19-9)15(17-10(2)16-13)18-11-6-5-7-12(8-11)21-4/h5-8H,1-4H3,(H,16,17,18). The van der Waals surface area contributed by atoms with E-state index in [1.54, 1.807) is 11.8 Å². The second-order valence-electron chi connectivity index (χ2n) is 4.88. The van der Waals surface area contributed by atoms with E-state index in [2.05, 4.69) is 20.4 Å². The van der Waals surface area contributed by atoms with Crippen LogP contribution in [0.1, 0.15) is 11.5 Å². The Kier molecular flexibility index (Phi) is 3.21. The summed E-state index contributed by atoms with van der Waals surface area (Å²) in [5, 5.41) is 7.74. The van der Waals surface area contributed by atoms with E-state index in [1.807, 2.05) is 45.2 Å². The fourth-order valence-corrected chi connectivity index (χ4v) is 2.37. The molecule has 0 aliphatic heterocycles. The summed E-state index contributed by atoms with van der Waals surface area (Å²) in [4.78, 5) is 8.98. The van der Waals surface area contributed by atoms with Crippen LogP contribution in [-0.4, -0.2) is 26.9 Å². The molecule has 0 spiro atoms. The van der Waals surface area contributed by atoms with Crippen LogP contribution in [-0.2, 0) is 7.05 Å². The van der Waals surface area contributed by atoms with Gasteiger partial charge in [0.2, 0.25) is 0 Å². The van der Waals surface area contributed by atoms with Crippen LogP contribution in [0.15, 0.2) is 24.3 Å². The van der Waals surface area contributed by atoms with Gasteiger partial charge in [0.25, 0.3) is 0 Å². The highest BCUT2D eigenvalue weighted by Gasteiger charge is 2.14. The van der Waals surface area contributed by atoms with Crippen molar-refractivity contribution in [2.75, 3.05) is 12.4 Å². The number of ether oxygens (including phenoxy) is 1. The molecule has 0 aliphatic carbocycles. The van der Waals surface area contributed by atoms with Gasteiger partial charge in [0.1, 0.15) is 22.6 Å². The van der Waals surface area contributed by atoms with Crippen LogP contribution in [0, 0.1) is 13.8 Å². The number of nitrogens with zero attached hydrogens (tertiary/aromatic N) is 4. The number of hydrogen-bond donors (Lipinski definition) is 1. The van der Waals surface area contributed by atoms with Crippen molar-refractivity contribution in [3.63, 3.8) is 0 Å². The molecule has 3 rings (SSSR count). The quantitative estimate of drug-likeness (QED) is 0.800. The number of aryl methyl sites for hydroxylation is 3. The molecule has 0 fully saturated rings. The Hall–Kier alpha value is -2.63. The number of anilines is 2. The van der Waals surface area contributed by atoms with Gasteiger partial charge < -0.3 is 10.1 Å². The molecular weight excluding hydrogens is 266 g/mol. The monoisotopic (exact) mass is 283 g/mol. The summed E-state index contributed by atoms with van der Waals surface area (Å²) in [5.41, 5.74) is 3.57. The molecule has 21 heavy (non-hydrogen) atoms. The number of hydrogen-bond acceptors (Lipinski definition) is 5. The van der Waals surface area contributed by atoms with Gasteiger partial charge in [-0.2, -0.15) is 5.10 Å². The van der Waals surface area contributed by atoms with Crippen molar-refractivity contribution < 1.29 is 4.74 Å². The lowest BCUT2D eigenvalue weighted by Crippen LogP contribution is -2.01. The van der Waals surface area contributed by atoms with Gasteiger partial charge in [-0.05, 0) is 26.0 Å². The van der Waals surface area contributed by atoms with Crippen LogP contribution < -0.4 is 10.1 Å². The van der Waals surface area contributed by atoms with E-state index in [-0.39, 0.29) is 0 Å². The van der Waals surface area contributed by atoms with Crippen molar-refractivity contribution in [3.8, 4) is 5.75 Å². The molecule has 0 radical (unpaired) electrons. The number of benzene rings is 1. The van der Waals surface area contributed by atoms with Crippen LogP contribution in [0.4, 0.5) is 11.5 Å². The third-order valence-electron chi connectivity index (χ3n) is 3.29. The zero-order valence-electron chi connectivity index (χ0n) is 12.5. The smallest absolute Gasteiger partial charge is 0.160 e. The molecule has 2 aromatic heterocycles. The lowest BCUT2D eigenvalue weighted by Gasteiger charge is -2.09. The van der Waals surface area contributed by atoms with Gasteiger partial charge in [0.05, 0.1) is 12.8 Å². The molecule has 6 heteroatoms. The van der Waals surface area contributed by atoms with Gasteiger partial charge in [-0.25, -0.2) is 9.97 Å². The highest BCUT2D eigenvalue weighted by Crippen LogP contribution is 2.26. The maximum Gasteiger partial charge on any atom is 0.160 e. The third-order valence-corrected chi connectivity index (χ3v) is 3.29. The molecule has 6 nitrogen and oxygen atoms in total. The van der Waals surface area contributed by atoms with Crippen molar-refractivity contribution in [2.45, 2.75) is 13.8 Å². The highest BCUT2D eigenvalue weighted by atomic mass is 16.5. The topological polar surface area (TPSA) is 64.9 Å². The Bertz CT molecular complexity index is 809. The van der Waals surface area contributed by atoms with Crippen molar-refractivity contribution in [3.05, 3.63) is 35.8 Å². The van der Waals surface area contributed by atoms with Gasteiger partial charge in [0.15, 0.2) is 5.82 Å². The number of aromatic nitrogens is 4. The van der Waals surface area contributed by atoms with E-state index in [1.165, 1.54) is 0 Å². The van der Waals surface area contributed by atoms with Gasteiger partial charge in [-0.15, -0.1) is 0 Å². The summed E-state index contributed by atoms with van der Waals surface area (Å²) in [6.07, 6.45) is 0. The third kappa shape index (κ3) is 2.40. The predicted molar refractivity (Wildman–Crippen MR) is 82.1 cm³/mol. The van der Waals surface area contributed by atoms with Crippen molar-refractivity contribution >= 4 is 22.5 Å². The lowest BCUT2D eigenvalue weighted by molar-refractivity contribution is 0.415. The summed E-state index contributed by atoms with van der Waals surface area (Å²) < 4.78 is 7.04. The van der Waals surface area contributed by atoms with Crippen molar-refractivity contribution in [2.24, 2.45) is 7.05 Å². The average Bonchev–Trinajstić information content (AvgIpc) is 2.74. The molecule has 0 bridgehead atoms. The molecular formula is C15H17N5O. The minimum Gasteiger partial charge on any atom is -0.497 e. The summed E-state index contributed by atoms with van der Waals surface area (Å²) >= 11 is 0. The molecule has 1 N–H and O–H groups in total. The van der Waals surface area contributed by atoms with E-state index in [9.17, 15) is 0 Å². The van der Waals surface area contributed by atoms with Crippen LogP contribution >= 0.6 is 0 Å². The number of fused-ring (bicyclic) bond motifs is 1. The lowest BCUT2D eigenvalue weighted by atomic mass is 10.3. The fraction of sp³-hybridized carbons (Fsp3) is 0.267. The Balaban J connectivity index is 2.11. The molecule has 0 unspecified atom stereocenters. The first-order valence-corrected chi connectivity index (χ1v) is 6.67. The van der Waals surface area contributed by atoms with Crippen LogP contribution in [0.5, 0.6) is 5.75 Å².